The predicted octanol–water partition coefficient (Wildman–Crippen LogP) is 2.79. The van der Waals surface area contributed by atoms with Gasteiger partial charge in [0, 0.05) is 17.7 Å². The van der Waals surface area contributed by atoms with Gasteiger partial charge in [0.1, 0.15) is 0 Å². The second kappa shape index (κ2) is 3.58. The van der Waals surface area contributed by atoms with E-state index in [0.29, 0.717) is 0 Å². The van der Waals surface area contributed by atoms with Crippen molar-refractivity contribution in [1.29, 1.82) is 0 Å². The zero-order valence-corrected chi connectivity index (χ0v) is 8.01. The van der Waals surface area contributed by atoms with E-state index in [0.717, 1.165) is 10.2 Å². The van der Waals surface area contributed by atoms with Crippen molar-refractivity contribution in [1.82, 2.24) is 4.90 Å². The molecule has 0 aliphatic carbocycles. The first-order valence-electron chi connectivity index (χ1n) is 3.35. The molecule has 0 unspecified atom stereocenters. The molecule has 1 aliphatic rings. The number of hydrogen-bond acceptors (Lipinski definition) is 1. The molecule has 2 heteroatoms. The normalized spacial score (nSPS) is 20.4. The van der Waals surface area contributed by atoms with Gasteiger partial charge in [0.2, 0.25) is 0 Å². The first kappa shape index (κ1) is 8.34. The van der Waals surface area contributed by atoms with E-state index in [2.05, 4.69) is 22.5 Å². The summed E-state index contributed by atoms with van der Waals surface area (Å²) in [6, 6.07) is 0. The Morgan fingerprint density at radius 3 is 2.91 bits per heavy atom. The van der Waals surface area contributed by atoms with Crippen molar-refractivity contribution in [3.8, 4) is 0 Å². The average molecular weight is 212 g/mol. The molecule has 0 fully saturated rings. The highest BCUT2D eigenvalue weighted by atomic mass is 79.9. The van der Waals surface area contributed by atoms with E-state index in [4.69, 9.17) is 0 Å². The van der Waals surface area contributed by atoms with Crippen LogP contribution >= 0.6 is 15.9 Å². The minimum Gasteiger partial charge on any atom is -0.350 e. The second-order valence-corrected chi connectivity index (χ2v) is 3.10. The maximum atomic E-state index is 3.68. The summed E-state index contributed by atoms with van der Waals surface area (Å²) in [4.78, 5) is 2.03. The van der Waals surface area contributed by atoms with E-state index in [1.807, 2.05) is 36.4 Å². The summed E-state index contributed by atoms with van der Waals surface area (Å²) in [5, 5.41) is 0. The number of rotatable bonds is 1. The van der Waals surface area contributed by atoms with Gasteiger partial charge in [-0.05, 0) is 28.1 Å². The van der Waals surface area contributed by atoms with Gasteiger partial charge < -0.3 is 4.90 Å². The highest BCUT2D eigenvalue weighted by Gasteiger charge is 2.03. The van der Waals surface area contributed by atoms with E-state index in [1.54, 1.807) is 6.08 Å². The molecular weight excluding hydrogens is 202 g/mol. The van der Waals surface area contributed by atoms with Crippen molar-refractivity contribution in [2.75, 3.05) is 7.05 Å². The van der Waals surface area contributed by atoms with Crippen molar-refractivity contribution in [3.63, 3.8) is 0 Å². The molecule has 0 aromatic heterocycles. The van der Waals surface area contributed by atoms with Gasteiger partial charge in [-0.25, -0.2) is 0 Å². The molecule has 0 aromatic carbocycles. The molecule has 1 aliphatic heterocycles. The zero-order valence-electron chi connectivity index (χ0n) is 6.42. The first-order valence-corrected chi connectivity index (χ1v) is 4.15. The largest absolute Gasteiger partial charge is 0.350 e. The fourth-order valence-corrected chi connectivity index (χ4v) is 1.29. The lowest BCUT2D eigenvalue weighted by Gasteiger charge is -2.18. The van der Waals surface area contributed by atoms with Gasteiger partial charge in [-0.2, -0.15) is 0 Å². The van der Waals surface area contributed by atoms with Crippen LogP contribution in [0, 0.1) is 0 Å². The second-order valence-electron chi connectivity index (χ2n) is 2.25. The molecule has 0 aromatic rings. The third kappa shape index (κ3) is 1.84. The fourth-order valence-electron chi connectivity index (χ4n) is 0.876. The number of allylic oxidation sites excluding steroid dienone is 5. The van der Waals surface area contributed by atoms with Crippen LogP contribution in [0.15, 0.2) is 47.3 Å². The molecular formula is C9H10BrN. The Balaban J connectivity index is 2.97. The lowest BCUT2D eigenvalue weighted by molar-refractivity contribution is 0.583. The lowest BCUT2D eigenvalue weighted by Crippen LogP contribution is -2.10. The molecule has 0 saturated heterocycles. The summed E-state index contributed by atoms with van der Waals surface area (Å²) < 4.78 is 1.01. The average Bonchev–Trinajstić information content (AvgIpc) is 2.04. The minimum atomic E-state index is 1.01. The fraction of sp³-hybridized carbons (Fsp3) is 0.111. The number of halogens is 1. The first-order chi connectivity index (χ1) is 5.25. The molecule has 0 atom stereocenters. The maximum Gasteiger partial charge on any atom is 0.0547 e. The van der Waals surface area contributed by atoms with Gasteiger partial charge >= 0.3 is 0 Å². The van der Waals surface area contributed by atoms with E-state index >= 15 is 0 Å². The minimum absolute atomic E-state index is 1.01. The van der Waals surface area contributed by atoms with Gasteiger partial charge in [-0.1, -0.05) is 18.7 Å². The van der Waals surface area contributed by atoms with Crippen LogP contribution < -0.4 is 0 Å². The summed E-state index contributed by atoms with van der Waals surface area (Å²) in [6.45, 7) is 3.68. The summed E-state index contributed by atoms with van der Waals surface area (Å²) >= 11 is 3.41. The molecule has 0 spiro atoms. The summed E-state index contributed by atoms with van der Waals surface area (Å²) in [7, 11) is 2.00. The summed E-state index contributed by atoms with van der Waals surface area (Å²) in [6.07, 6.45) is 9.81. The molecule has 0 amide bonds. The van der Waals surface area contributed by atoms with Crippen LogP contribution in [0.1, 0.15) is 0 Å². The van der Waals surface area contributed by atoms with Crippen LogP contribution in [0.5, 0.6) is 0 Å². The highest BCUT2D eigenvalue weighted by molar-refractivity contribution is 9.11. The smallest absolute Gasteiger partial charge is 0.0547 e. The van der Waals surface area contributed by atoms with Crippen molar-refractivity contribution in [2.45, 2.75) is 0 Å². The van der Waals surface area contributed by atoms with Crippen molar-refractivity contribution in [3.05, 3.63) is 47.3 Å². The monoisotopic (exact) mass is 211 g/mol. The van der Waals surface area contributed by atoms with Gasteiger partial charge in [0.25, 0.3) is 0 Å². The summed E-state index contributed by atoms with van der Waals surface area (Å²) in [5.41, 5.74) is 1.13. The Kier molecular flexibility index (Phi) is 2.71. The Morgan fingerprint density at radius 2 is 2.36 bits per heavy atom. The number of nitrogens with zero attached hydrogens (tertiary/aromatic N) is 1. The zero-order chi connectivity index (χ0) is 8.27. The van der Waals surface area contributed by atoms with Gasteiger partial charge in [0.15, 0.2) is 0 Å². The standard InChI is InChI=1S/C9H10BrN/c1-3-8(10)9-6-4-5-7-11(9)2/h3-7H,1H2,2H3/b9-8+. The molecule has 1 nitrogen and oxygen atoms in total. The Morgan fingerprint density at radius 1 is 1.64 bits per heavy atom. The Bertz CT molecular complexity index is 248. The number of likely N-dealkylation sites (N-methyl/N-ethyl adjacent to an activating group) is 1. The Hall–Kier alpha value is -0.760. The van der Waals surface area contributed by atoms with Crippen molar-refractivity contribution in [2.24, 2.45) is 0 Å². The molecule has 1 heterocycles. The SMILES string of the molecule is C=C/C(Br)=C1/C=CC=CN1C. The highest BCUT2D eigenvalue weighted by Crippen LogP contribution is 2.19. The quantitative estimate of drug-likeness (QED) is 0.645. The number of hydrogen-bond donors (Lipinski definition) is 0. The molecule has 58 valence electrons. The van der Waals surface area contributed by atoms with E-state index < -0.39 is 0 Å². The molecule has 0 N–H and O–H groups in total. The van der Waals surface area contributed by atoms with Crippen molar-refractivity contribution < 1.29 is 0 Å². The van der Waals surface area contributed by atoms with Crippen LogP contribution in [-0.2, 0) is 0 Å². The summed E-state index contributed by atoms with van der Waals surface area (Å²) in [5.74, 6) is 0. The van der Waals surface area contributed by atoms with Crippen molar-refractivity contribution >= 4 is 15.9 Å². The predicted molar refractivity (Wildman–Crippen MR) is 52.2 cm³/mol. The van der Waals surface area contributed by atoms with Gasteiger partial charge in [-0.3, -0.25) is 0 Å². The van der Waals surface area contributed by atoms with Crippen LogP contribution in [-0.4, -0.2) is 11.9 Å². The van der Waals surface area contributed by atoms with Crippen LogP contribution in [0.3, 0.4) is 0 Å². The molecule has 0 bridgehead atoms. The van der Waals surface area contributed by atoms with Gasteiger partial charge in [0.05, 0.1) is 5.70 Å². The van der Waals surface area contributed by atoms with E-state index in [1.165, 1.54) is 0 Å². The lowest BCUT2D eigenvalue weighted by atomic mass is 10.2. The van der Waals surface area contributed by atoms with Gasteiger partial charge in [-0.15, -0.1) is 0 Å². The van der Waals surface area contributed by atoms with E-state index in [-0.39, 0.29) is 0 Å². The van der Waals surface area contributed by atoms with Crippen LogP contribution in [0.4, 0.5) is 0 Å². The third-order valence-electron chi connectivity index (χ3n) is 1.48. The molecule has 11 heavy (non-hydrogen) atoms. The third-order valence-corrected chi connectivity index (χ3v) is 2.21. The van der Waals surface area contributed by atoms with Crippen LogP contribution in [0.2, 0.25) is 0 Å². The topological polar surface area (TPSA) is 3.24 Å². The van der Waals surface area contributed by atoms with Crippen LogP contribution in [0.25, 0.3) is 0 Å². The molecule has 0 radical (unpaired) electrons. The Labute approximate surface area is 75.5 Å². The molecule has 1 rings (SSSR count). The van der Waals surface area contributed by atoms with E-state index in [9.17, 15) is 0 Å². The molecule has 0 saturated carbocycles. The maximum absolute atomic E-state index is 3.68.